The van der Waals surface area contributed by atoms with Gasteiger partial charge in [-0.2, -0.15) is 0 Å². The van der Waals surface area contributed by atoms with Crippen molar-refractivity contribution < 1.29 is 49.3 Å². The number of aliphatic hydroxyl groups excluding tert-OH is 4. The molecule has 10 heteroatoms. The summed E-state index contributed by atoms with van der Waals surface area (Å²) in [4.78, 5) is 12.8. The molecule has 2 aliphatic heterocycles. The summed E-state index contributed by atoms with van der Waals surface area (Å²) in [6.45, 7) is -0.631. The van der Waals surface area contributed by atoms with Gasteiger partial charge in [-0.1, -0.05) is 30.3 Å². The van der Waals surface area contributed by atoms with Gasteiger partial charge in [0.2, 0.25) is 12.0 Å². The fraction of sp³-hybridized carbons (Fsp3) is 0.409. The zero-order valence-corrected chi connectivity index (χ0v) is 17.1. The lowest BCUT2D eigenvalue weighted by molar-refractivity contribution is -0.277. The first-order valence-electron chi connectivity index (χ1n) is 10.0. The third-order valence-electron chi connectivity index (χ3n) is 5.56. The largest absolute Gasteiger partial charge is 0.507 e. The molecule has 2 heterocycles. The Morgan fingerprint density at radius 1 is 1.09 bits per heavy atom. The third kappa shape index (κ3) is 3.87. The Morgan fingerprint density at radius 3 is 2.47 bits per heavy atom. The Labute approximate surface area is 183 Å². The molecule has 10 nitrogen and oxygen atoms in total. The number of carbonyl (C=O) groups excluding carboxylic acids is 1. The number of Topliss-reactive ketones (excluding diaryl/α,β-unsaturated/α-hetero) is 1. The van der Waals surface area contributed by atoms with E-state index in [1.807, 2.05) is 30.3 Å². The van der Waals surface area contributed by atoms with Crippen LogP contribution in [0.15, 0.2) is 36.4 Å². The van der Waals surface area contributed by atoms with E-state index < -0.39 is 49.2 Å². The van der Waals surface area contributed by atoms with Gasteiger partial charge in [-0.25, -0.2) is 0 Å². The topological polar surface area (TPSA) is 155 Å². The molecule has 0 spiro atoms. The standard InChI is InChI=1S/C22H24O10/c1-29-20-14(31-22-19(28)18(27)17(26)15(9-23)32-22)8-12(25)16-11(24)7-13(30-21(16)20)10-5-3-2-4-6-10/h2-6,8,13,15,17-19,22-23,25-28H,7,9H2,1H3. The maximum absolute atomic E-state index is 12.8. The highest BCUT2D eigenvalue weighted by Gasteiger charge is 2.45. The number of carbonyl (C=O) groups is 1. The molecule has 1 saturated heterocycles. The summed E-state index contributed by atoms with van der Waals surface area (Å²) < 4.78 is 22.4. The van der Waals surface area contributed by atoms with E-state index in [1.54, 1.807) is 0 Å². The van der Waals surface area contributed by atoms with Gasteiger partial charge in [0.05, 0.1) is 20.1 Å². The first-order valence-corrected chi connectivity index (χ1v) is 10.0. The number of fused-ring (bicyclic) bond motifs is 1. The van der Waals surface area contributed by atoms with Crippen LogP contribution >= 0.6 is 0 Å². The molecule has 0 radical (unpaired) electrons. The van der Waals surface area contributed by atoms with Gasteiger partial charge in [0.1, 0.15) is 41.8 Å². The Balaban J connectivity index is 1.69. The van der Waals surface area contributed by atoms with Crippen molar-refractivity contribution >= 4 is 5.78 Å². The lowest BCUT2D eigenvalue weighted by Crippen LogP contribution is -2.60. The van der Waals surface area contributed by atoms with E-state index in [0.717, 1.165) is 11.6 Å². The number of phenolic OH excluding ortho intramolecular Hbond substituents is 1. The van der Waals surface area contributed by atoms with E-state index in [0.29, 0.717) is 0 Å². The summed E-state index contributed by atoms with van der Waals surface area (Å²) >= 11 is 0. The number of hydrogen-bond donors (Lipinski definition) is 5. The summed E-state index contributed by atoms with van der Waals surface area (Å²) in [7, 11) is 1.31. The summed E-state index contributed by atoms with van der Waals surface area (Å²) in [5.41, 5.74) is 0.698. The van der Waals surface area contributed by atoms with E-state index in [4.69, 9.17) is 18.9 Å². The second kappa shape index (κ2) is 8.93. The number of ketones is 1. The van der Waals surface area contributed by atoms with Crippen LogP contribution in [-0.4, -0.2) is 75.7 Å². The SMILES string of the molecule is COc1c(OC2OC(CO)C(O)C(O)C2O)cc(O)c2c1OC(c1ccccc1)CC2=O. The molecular weight excluding hydrogens is 424 g/mol. The number of aliphatic hydroxyl groups is 4. The maximum atomic E-state index is 12.8. The number of phenols is 1. The maximum Gasteiger partial charge on any atom is 0.229 e. The molecule has 2 aliphatic rings. The second-order valence-corrected chi connectivity index (χ2v) is 7.59. The molecule has 0 aliphatic carbocycles. The van der Waals surface area contributed by atoms with Crippen LogP contribution in [0.4, 0.5) is 0 Å². The van der Waals surface area contributed by atoms with Crippen LogP contribution in [0.1, 0.15) is 28.4 Å². The van der Waals surface area contributed by atoms with Crippen LogP contribution in [0, 0.1) is 0 Å². The van der Waals surface area contributed by atoms with E-state index in [9.17, 15) is 30.3 Å². The Bertz CT molecular complexity index is 976. The smallest absolute Gasteiger partial charge is 0.229 e. The van der Waals surface area contributed by atoms with E-state index in [-0.39, 0.29) is 35.0 Å². The molecule has 4 rings (SSSR count). The molecule has 6 atom stereocenters. The van der Waals surface area contributed by atoms with Gasteiger partial charge >= 0.3 is 0 Å². The molecule has 0 aromatic heterocycles. The quantitative estimate of drug-likeness (QED) is 0.431. The first kappa shape index (κ1) is 22.3. The van der Waals surface area contributed by atoms with E-state index in [2.05, 4.69) is 0 Å². The minimum absolute atomic E-state index is 0.0145. The van der Waals surface area contributed by atoms with Gasteiger partial charge in [0.15, 0.2) is 17.3 Å². The average molecular weight is 448 g/mol. The minimum atomic E-state index is -1.67. The number of rotatable bonds is 5. The highest BCUT2D eigenvalue weighted by atomic mass is 16.7. The predicted octanol–water partition coefficient (Wildman–Crippen LogP) is 0.286. The molecule has 0 amide bonds. The summed E-state index contributed by atoms with van der Waals surface area (Å²) in [5, 5.41) is 50.1. The molecule has 32 heavy (non-hydrogen) atoms. The van der Waals surface area contributed by atoms with Crippen LogP contribution in [-0.2, 0) is 4.74 Å². The Morgan fingerprint density at radius 2 is 1.81 bits per heavy atom. The molecule has 1 fully saturated rings. The third-order valence-corrected chi connectivity index (χ3v) is 5.56. The molecule has 6 unspecified atom stereocenters. The molecule has 2 aromatic rings. The van der Waals surface area contributed by atoms with Crippen LogP contribution < -0.4 is 14.2 Å². The van der Waals surface area contributed by atoms with Gasteiger partial charge in [-0.15, -0.1) is 0 Å². The molecule has 5 N–H and O–H groups in total. The molecule has 0 saturated carbocycles. The van der Waals surface area contributed by atoms with Crippen molar-refractivity contribution in [2.45, 2.75) is 43.2 Å². The van der Waals surface area contributed by atoms with Gasteiger partial charge in [-0.3, -0.25) is 4.79 Å². The van der Waals surface area contributed by atoms with Gasteiger partial charge in [-0.05, 0) is 5.56 Å². The minimum Gasteiger partial charge on any atom is -0.507 e. The Kier molecular flexibility index (Phi) is 6.22. The highest BCUT2D eigenvalue weighted by Crippen LogP contribution is 2.50. The number of benzene rings is 2. The second-order valence-electron chi connectivity index (χ2n) is 7.59. The molecule has 172 valence electrons. The van der Waals surface area contributed by atoms with Crippen molar-refractivity contribution in [1.82, 2.24) is 0 Å². The zero-order valence-electron chi connectivity index (χ0n) is 17.1. The van der Waals surface area contributed by atoms with Crippen molar-refractivity contribution in [3.8, 4) is 23.0 Å². The fourth-order valence-corrected chi connectivity index (χ4v) is 3.86. The van der Waals surface area contributed by atoms with Gasteiger partial charge < -0.3 is 44.5 Å². The van der Waals surface area contributed by atoms with Crippen LogP contribution in [0.2, 0.25) is 0 Å². The van der Waals surface area contributed by atoms with Crippen LogP contribution in [0.25, 0.3) is 0 Å². The van der Waals surface area contributed by atoms with E-state index >= 15 is 0 Å². The number of aromatic hydroxyl groups is 1. The molecule has 0 bridgehead atoms. The van der Waals surface area contributed by atoms with E-state index in [1.165, 1.54) is 7.11 Å². The van der Waals surface area contributed by atoms with Crippen molar-refractivity contribution in [2.24, 2.45) is 0 Å². The summed E-state index contributed by atoms with van der Waals surface area (Å²) in [6.07, 6.45) is -8.18. The summed E-state index contributed by atoms with van der Waals surface area (Å²) in [5.74, 6) is -0.956. The molecular formula is C22H24O10. The normalized spacial score (nSPS) is 29.7. The van der Waals surface area contributed by atoms with Gasteiger partial charge in [0, 0.05) is 6.07 Å². The van der Waals surface area contributed by atoms with Crippen molar-refractivity contribution in [2.75, 3.05) is 13.7 Å². The van der Waals surface area contributed by atoms with Crippen molar-refractivity contribution in [3.63, 3.8) is 0 Å². The number of methoxy groups -OCH3 is 1. The highest BCUT2D eigenvalue weighted by molar-refractivity contribution is 6.03. The number of hydrogen-bond acceptors (Lipinski definition) is 10. The Hall–Kier alpha value is -2.89. The average Bonchev–Trinajstić information content (AvgIpc) is 2.79. The van der Waals surface area contributed by atoms with Crippen LogP contribution in [0.3, 0.4) is 0 Å². The lowest BCUT2D eigenvalue weighted by Gasteiger charge is -2.39. The number of ether oxygens (including phenoxy) is 4. The van der Waals surface area contributed by atoms with Crippen LogP contribution in [0.5, 0.6) is 23.0 Å². The lowest BCUT2D eigenvalue weighted by atomic mass is 9.95. The van der Waals surface area contributed by atoms with Crippen molar-refractivity contribution in [1.29, 1.82) is 0 Å². The summed E-state index contributed by atoms with van der Waals surface area (Å²) in [6, 6.07) is 10.2. The zero-order chi connectivity index (χ0) is 23.0. The molecule has 2 aromatic carbocycles. The fourth-order valence-electron chi connectivity index (χ4n) is 3.86. The predicted molar refractivity (Wildman–Crippen MR) is 108 cm³/mol. The van der Waals surface area contributed by atoms with Crippen molar-refractivity contribution in [3.05, 3.63) is 47.5 Å². The monoisotopic (exact) mass is 448 g/mol. The van der Waals surface area contributed by atoms with Gasteiger partial charge in [0.25, 0.3) is 0 Å². The first-order chi connectivity index (χ1) is 15.3.